The standard InChI is InChI=1S/C21H22N2O3/c24-20-19-9-5-4-8-17(19)14-23(20)18-10-12-22(13-11-18)21(25)26-15-16-6-2-1-3-7-16/h1-9,18H,10-15H2. The van der Waals surface area contributed by atoms with Crippen LogP contribution in [0.1, 0.15) is 34.3 Å². The van der Waals surface area contributed by atoms with Crippen molar-refractivity contribution in [3.63, 3.8) is 0 Å². The maximum absolute atomic E-state index is 12.6. The van der Waals surface area contributed by atoms with Gasteiger partial charge in [-0.1, -0.05) is 48.5 Å². The van der Waals surface area contributed by atoms with E-state index < -0.39 is 0 Å². The number of hydrogen-bond acceptors (Lipinski definition) is 3. The Morgan fingerprint density at radius 1 is 1.00 bits per heavy atom. The fourth-order valence-corrected chi connectivity index (χ4v) is 3.74. The molecule has 1 fully saturated rings. The molecular weight excluding hydrogens is 328 g/mol. The van der Waals surface area contributed by atoms with Crippen molar-refractivity contribution < 1.29 is 14.3 Å². The molecule has 4 rings (SSSR count). The summed E-state index contributed by atoms with van der Waals surface area (Å²) >= 11 is 0. The molecule has 2 aliphatic heterocycles. The monoisotopic (exact) mass is 350 g/mol. The molecule has 0 aliphatic carbocycles. The molecule has 5 nitrogen and oxygen atoms in total. The van der Waals surface area contributed by atoms with E-state index in [-0.39, 0.29) is 18.0 Å². The minimum atomic E-state index is -0.275. The predicted octanol–water partition coefficient (Wildman–Crippen LogP) is 3.44. The van der Waals surface area contributed by atoms with E-state index in [4.69, 9.17) is 4.74 Å². The van der Waals surface area contributed by atoms with Gasteiger partial charge < -0.3 is 14.5 Å². The summed E-state index contributed by atoms with van der Waals surface area (Å²) < 4.78 is 5.41. The fraction of sp³-hybridized carbons (Fsp3) is 0.333. The minimum Gasteiger partial charge on any atom is -0.445 e. The van der Waals surface area contributed by atoms with Gasteiger partial charge >= 0.3 is 6.09 Å². The molecular formula is C21H22N2O3. The zero-order chi connectivity index (χ0) is 17.9. The highest BCUT2D eigenvalue weighted by Crippen LogP contribution is 2.28. The van der Waals surface area contributed by atoms with Crippen molar-refractivity contribution in [1.82, 2.24) is 9.80 Å². The summed E-state index contributed by atoms with van der Waals surface area (Å²) in [7, 11) is 0. The largest absolute Gasteiger partial charge is 0.445 e. The first-order chi connectivity index (χ1) is 12.7. The number of piperidine rings is 1. The third-order valence-corrected chi connectivity index (χ3v) is 5.22. The number of carbonyl (C=O) groups excluding carboxylic acids is 2. The van der Waals surface area contributed by atoms with E-state index in [1.165, 1.54) is 0 Å². The Morgan fingerprint density at radius 3 is 2.42 bits per heavy atom. The number of rotatable bonds is 3. The van der Waals surface area contributed by atoms with Gasteiger partial charge in [0.25, 0.3) is 5.91 Å². The van der Waals surface area contributed by atoms with Crippen LogP contribution in [0.3, 0.4) is 0 Å². The molecule has 0 saturated carbocycles. The van der Waals surface area contributed by atoms with E-state index in [2.05, 4.69) is 0 Å². The molecule has 0 aromatic heterocycles. The minimum absolute atomic E-state index is 0.116. The molecule has 5 heteroatoms. The number of benzene rings is 2. The SMILES string of the molecule is O=C(OCc1ccccc1)N1CCC(N2Cc3ccccc3C2=O)CC1. The van der Waals surface area contributed by atoms with Crippen molar-refractivity contribution in [2.75, 3.05) is 13.1 Å². The van der Waals surface area contributed by atoms with Crippen molar-refractivity contribution in [2.45, 2.75) is 32.0 Å². The molecule has 26 heavy (non-hydrogen) atoms. The van der Waals surface area contributed by atoms with Crippen molar-refractivity contribution in [3.8, 4) is 0 Å². The third-order valence-electron chi connectivity index (χ3n) is 5.22. The lowest BCUT2D eigenvalue weighted by molar-refractivity contribution is 0.0537. The van der Waals surface area contributed by atoms with E-state index in [9.17, 15) is 9.59 Å². The smallest absolute Gasteiger partial charge is 0.410 e. The van der Waals surface area contributed by atoms with Crippen molar-refractivity contribution in [2.24, 2.45) is 0 Å². The van der Waals surface area contributed by atoms with Crippen LogP contribution in [0.5, 0.6) is 0 Å². The van der Waals surface area contributed by atoms with Crippen molar-refractivity contribution in [3.05, 3.63) is 71.3 Å². The Kier molecular flexibility index (Phi) is 4.61. The van der Waals surface area contributed by atoms with Crippen LogP contribution in [-0.2, 0) is 17.9 Å². The topological polar surface area (TPSA) is 49.9 Å². The second kappa shape index (κ2) is 7.20. The van der Waals surface area contributed by atoms with Gasteiger partial charge in [0.2, 0.25) is 0 Å². The third kappa shape index (κ3) is 3.29. The van der Waals surface area contributed by atoms with Gasteiger partial charge in [0.05, 0.1) is 0 Å². The van der Waals surface area contributed by atoms with Gasteiger partial charge in [-0.25, -0.2) is 4.79 Å². The van der Waals surface area contributed by atoms with Gasteiger partial charge in [-0.3, -0.25) is 4.79 Å². The summed E-state index contributed by atoms with van der Waals surface area (Å²) in [6.07, 6.45) is 1.31. The van der Waals surface area contributed by atoms with Gasteiger partial charge in [-0.15, -0.1) is 0 Å². The van der Waals surface area contributed by atoms with Gasteiger partial charge in [-0.05, 0) is 30.0 Å². The Morgan fingerprint density at radius 2 is 1.69 bits per heavy atom. The zero-order valence-corrected chi connectivity index (χ0v) is 14.6. The van der Waals surface area contributed by atoms with Gasteiger partial charge in [0.1, 0.15) is 6.61 Å². The van der Waals surface area contributed by atoms with Crippen LogP contribution >= 0.6 is 0 Å². The number of nitrogens with zero attached hydrogens (tertiary/aromatic N) is 2. The van der Waals surface area contributed by atoms with E-state index in [1.807, 2.05) is 59.5 Å². The molecule has 2 aromatic carbocycles. The molecule has 0 spiro atoms. The summed E-state index contributed by atoms with van der Waals surface area (Å²) in [6.45, 7) is 2.22. The number of ether oxygens (including phenoxy) is 1. The quantitative estimate of drug-likeness (QED) is 0.852. The summed E-state index contributed by atoms with van der Waals surface area (Å²) in [4.78, 5) is 28.6. The molecule has 134 valence electrons. The van der Waals surface area contributed by atoms with Crippen LogP contribution in [0.4, 0.5) is 4.79 Å². The lowest BCUT2D eigenvalue weighted by Crippen LogP contribution is -2.46. The van der Waals surface area contributed by atoms with E-state index in [0.29, 0.717) is 26.2 Å². The van der Waals surface area contributed by atoms with Crippen LogP contribution < -0.4 is 0 Å². The molecule has 2 amide bonds. The highest BCUT2D eigenvalue weighted by molar-refractivity contribution is 5.98. The number of carbonyl (C=O) groups is 2. The van der Waals surface area contributed by atoms with Crippen LogP contribution in [0.2, 0.25) is 0 Å². The fourth-order valence-electron chi connectivity index (χ4n) is 3.74. The zero-order valence-electron chi connectivity index (χ0n) is 14.6. The molecule has 1 saturated heterocycles. The Bertz CT molecular complexity index is 798. The summed E-state index contributed by atoms with van der Waals surface area (Å²) in [5.74, 6) is 0.116. The molecule has 2 aliphatic rings. The van der Waals surface area contributed by atoms with E-state index in [1.54, 1.807) is 4.90 Å². The molecule has 0 radical (unpaired) electrons. The first-order valence-corrected chi connectivity index (χ1v) is 9.07. The van der Waals surface area contributed by atoms with Gasteiger partial charge in [-0.2, -0.15) is 0 Å². The Hall–Kier alpha value is -2.82. The van der Waals surface area contributed by atoms with Crippen molar-refractivity contribution >= 4 is 12.0 Å². The molecule has 0 atom stereocenters. The number of amides is 2. The average molecular weight is 350 g/mol. The van der Waals surface area contributed by atoms with Crippen LogP contribution in [0.15, 0.2) is 54.6 Å². The lowest BCUT2D eigenvalue weighted by atomic mass is 10.0. The average Bonchev–Trinajstić information content (AvgIpc) is 3.04. The molecule has 0 N–H and O–H groups in total. The first kappa shape index (κ1) is 16.6. The van der Waals surface area contributed by atoms with Gasteiger partial charge in [0, 0.05) is 31.2 Å². The first-order valence-electron chi connectivity index (χ1n) is 9.07. The Labute approximate surface area is 153 Å². The second-order valence-corrected chi connectivity index (χ2v) is 6.85. The number of hydrogen-bond donors (Lipinski definition) is 0. The number of likely N-dealkylation sites (tertiary alicyclic amines) is 1. The molecule has 2 heterocycles. The van der Waals surface area contributed by atoms with E-state index >= 15 is 0 Å². The molecule has 0 bridgehead atoms. The normalized spacial score (nSPS) is 17.3. The van der Waals surface area contributed by atoms with E-state index in [0.717, 1.165) is 29.5 Å². The summed E-state index contributed by atoms with van der Waals surface area (Å²) in [6, 6.07) is 17.7. The lowest BCUT2D eigenvalue weighted by Gasteiger charge is -2.36. The molecule has 2 aromatic rings. The maximum atomic E-state index is 12.6. The number of fused-ring (bicyclic) bond motifs is 1. The van der Waals surface area contributed by atoms with Crippen LogP contribution in [0, 0.1) is 0 Å². The summed E-state index contributed by atoms with van der Waals surface area (Å²) in [5, 5.41) is 0. The second-order valence-electron chi connectivity index (χ2n) is 6.85. The summed E-state index contributed by atoms with van der Waals surface area (Å²) in [5.41, 5.74) is 2.90. The van der Waals surface area contributed by atoms with Gasteiger partial charge in [0.15, 0.2) is 0 Å². The van der Waals surface area contributed by atoms with Crippen molar-refractivity contribution in [1.29, 1.82) is 0 Å². The maximum Gasteiger partial charge on any atom is 0.410 e. The highest BCUT2D eigenvalue weighted by atomic mass is 16.6. The molecule has 0 unspecified atom stereocenters. The highest BCUT2D eigenvalue weighted by Gasteiger charge is 2.35. The predicted molar refractivity (Wildman–Crippen MR) is 97.5 cm³/mol. The van der Waals surface area contributed by atoms with Crippen LogP contribution in [0.25, 0.3) is 0 Å². The Balaban J connectivity index is 1.29. The van der Waals surface area contributed by atoms with Crippen LogP contribution in [-0.4, -0.2) is 40.9 Å².